The van der Waals surface area contributed by atoms with E-state index in [-0.39, 0.29) is 10.9 Å². The summed E-state index contributed by atoms with van der Waals surface area (Å²) in [5, 5.41) is 8.57. The molecular formula is C14H22N2O2S. The van der Waals surface area contributed by atoms with Gasteiger partial charge in [0.15, 0.2) is 0 Å². The lowest BCUT2D eigenvalue weighted by molar-refractivity contribution is 0.485. The molecule has 0 bridgehead atoms. The van der Waals surface area contributed by atoms with Gasteiger partial charge in [-0.3, -0.25) is 0 Å². The zero-order chi connectivity index (χ0) is 14.3. The van der Waals surface area contributed by atoms with Crippen molar-refractivity contribution in [2.45, 2.75) is 38.1 Å². The smallest absolute Gasteiger partial charge is 0.238 e. The Kier molecular flexibility index (Phi) is 3.73. The summed E-state index contributed by atoms with van der Waals surface area (Å²) in [6.07, 6.45) is 1.27. The fourth-order valence-corrected chi connectivity index (χ4v) is 2.82. The topological polar surface area (TPSA) is 72.2 Å². The number of nitrogens with one attached hydrogen (secondary N) is 1. The molecule has 1 saturated carbocycles. The van der Waals surface area contributed by atoms with Gasteiger partial charge in [-0.25, -0.2) is 13.6 Å². The second-order valence-electron chi connectivity index (χ2n) is 6.13. The highest BCUT2D eigenvalue weighted by atomic mass is 32.2. The lowest BCUT2D eigenvalue weighted by atomic mass is 10.1. The first kappa shape index (κ1) is 14.5. The summed E-state index contributed by atoms with van der Waals surface area (Å²) in [5.74, 6) is 0.749. The molecule has 1 fully saturated rings. The molecule has 1 aromatic carbocycles. The first-order valence-electron chi connectivity index (χ1n) is 6.56. The van der Waals surface area contributed by atoms with Crippen molar-refractivity contribution in [1.82, 2.24) is 5.32 Å². The summed E-state index contributed by atoms with van der Waals surface area (Å²) in [6.45, 7) is 7.66. The molecule has 3 N–H and O–H groups in total. The van der Waals surface area contributed by atoms with Gasteiger partial charge >= 0.3 is 0 Å². The average Bonchev–Trinajstić information content (AvgIpc) is 2.93. The van der Waals surface area contributed by atoms with Crippen LogP contribution in [0, 0.1) is 11.3 Å². The van der Waals surface area contributed by atoms with E-state index in [0.717, 1.165) is 18.0 Å². The molecule has 5 heteroatoms. The fourth-order valence-electron chi connectivity index (χ4n) is 2.31. The van der Waals surface area contributed by atoms with E-state index in [9.17, 15) is 8.42 Å². The first-order valence-corrected chi connectivity index (χ1v) is 8.11. The summed E-state index contributed by atoms with van der Waals surface area (Å²) in [4.78, 5) is 0.159. The van der Waals surface area contributed by atoms with Crippen molar-refractivity contribution in [3.63, 3.8) is 0 Å². The molecule has 1 aliphatic carbocycles. The van der Waals surface area contributed by atoms with E-state index in [0.29, 0.717) is 5.41 Å². The summed E-state index contributed by atoms with van der Waals surface area (Å²) < 4.78 is 22.3. The predicted molar refractivity (Wildman–Crippen MR) is 76.1 cm³/mol. The molecule has 1 aliphatic rings. The second-order valence-corrected chi connectivity index (χ2v) is 7.70. The molecule has 0 amide bonds. The maximum atomic E-state index is 11.2. The maximum Gasteiger partial charge on any atom is 0.238 e. The van der Waals surface area contributed by atoms with Crippen molar-refractivity contribution in [2.24, 2.45) is 16.5 Å². The molecule has 0 spiro atoms. The lowest BCUT2D eigenvalue weighted by Gasteiger charge is -2.15. The van der Waals surface area contributed by atoms with E-state index in [4.69, 9.17) is 5.14 Å². The van der Waals surface area contributed by atoms with Gasteiger partial charge in [0.05, 0.1) is 4.90 Å². The lowest BCUT2D eigenvalue weighted by Crippen LogP contribution is -2.22. The Balaban J connectivity index is 1.94. The number of sulfonamides is 1. The molecule has 106 valence electrons. The van der Waals surface area contributed by atoms with E-state index >= 15 is 0 Å². The maximum absolute atomic E-state index is 11.2. The van der Waals surface area contributed by atoms with Crippen molar-refractivity contribution in [3.8, 4) is 0 Å². The van der Waals surface area contributed by atoms with E-state index in [1.807, 2.05) is 12.1 Å². The standard InChI is InChI=1S/C14H22N2O2S/c1-10(16-9-12-8-14(12,2)3)11-4-6-13(7-5-11)19(15,17)18/h4-7,10,12,16H,8-9H2,1-3H3,(H2,15,17,18). The minimum Gasteiger partial charge on any atom is -0.310 e. The normalized spacial score (nSPS) is 23.1. The Hall–Kier alpha value is -0.910. The van der Waals surface area contributed by atoms with Crippen molar-refractivity contribution < 1.29 is 8.42 Å². The second kappa shape index (κ2) is 4.89. The molecule has 0 radical (unpaired) electrons. The Morgan fingerprint density at radius 1 is 1.37 bits per heavy atom. The van der Waals surface area contributed by atoms with Crippen LogP contribution >= 0.6 is 0 Å². The van der Waals surface area contributed by atoms with Crippen LogP contribution in [0.5, 0.6) is 0 Å². The van der Waals surface area contributed by atoms with E-state index < -0.39 is 10.0 Å². The molecule has 0 heterocycles. The minimum absolute atomic E-state index is 0.159. The van der Waals surface area contributed by atoms with Gasteiger partial charge in [-0.2, -0.15) is 0 Å². The Morgan fingerprint density at radius 3 is 2.32 bits per heavy atom. The number of rotatable bonds is 5. The van der Waals surface area contributed by atoms with Crippen LogP contribution in [0.15, 0.2) is 29.2 Å². The van der Waals surface area contributed by atoms with Gasteiger partial charge in [0.2, 0.25) is 10.0 Å². The third kappa shape index (κ3) is 3.55. The van der Waals surface area contributed by atoms with Gasteiger partial charge in [-0.1, -0.05) is 26.0 Å². The largest absolute Gasteiger partial charge is 0.310 e. The van der Waals surface area contributed by atoms with Gasteiger partial charge in [0.25, 0.3) is 0 Å². The molecule has 0 aromatic heterocycles. The molecule has 2 atom stereocenters. The molecule has 0 saturated heterocycles. The SMILES string of the molecule is CC(NCC1CC1(C)C)c1ccc(S(N)(=O)=O)cc1. The van der Waals surface area contributed by atoms with Gasteiger partial charge in [0, 0.05) is 6.04 Å². The van der Waals surface area contributed by atoms with Gasteiger partial charge in [-0.05, 0) is 48.9 Å². The molecule has 2 rings (SSSR count). The zero-order valence-electron chi connectivity index (χ0n) is 11.7. The van der Waals surface area contributed by atoms with Crippen LogP contribution < -0.4 is 10.5 Å². The Bertz CT molecular complexity index is 549. The Morgan fingerprint density at radius 2 is 1.89 bits per heavy atom. The number of benzene rings is 1. The van der Waals surface area contributed by atoms with Gasteiger partial charge in [-0.15, -0.1) is 0 Å². The van der Waals surface area contributed by atoms with E-state index in [1.165, 1.54) is 6.42 Å². The minimum atomic E-state index is -3.60. The summed E-state index contributed by atoms with van der Waals surface area (Å²) in [5.41, 5.74) is 1.55. The number of hydrogen-bond acceptors (Lipinski definition) is 3. The molecule has 0 aliphatic heterocycles. The van der Waals surface area contributed by atoms with Gasteiger partial charge < -0.3 is 5.32 Å². The van der Waals surface area contributed by atoms with Crippen LogP contribution in [-0.4, -0.2) is 15.0 Å². The summed E-state index contributed by atoms with van der Waals surface area (Å²) in [6, 6.07) is 6.96. The zero-order valence-corrected chi connectivity index (χ0v) is 12.5. The first-order chi connectivity index (χ1) is 8.70. The highest BCUT2D eigenvalue weighted by molar-refractivity contribution is 7.89. The monoisotopic (exact) mass is 282 g/mol. The van der Waals surface area contributed by atoms with Crippen LogP contribution in [0.3, 0.4) is 0 Å². The quantitative estimate of drug-likeness (QED) is 0.868. The third-order valence-corrected chi connectivity index (χ3v) is 5.03. The van der Waals surface area contributed by atoms with Gasteiger partial charge in [0.1, 0.15) is 0 Å². The molecule has 19 heavy (non-hydrogen) atoms. The van der Waals surface area contributed by atoms with Crippen LogP contribution in [0.1, 0.15) is 38.8 Å². The van der Waals surface area contributed by atoms with Crippen LogP contribution in [0.25, 0.3) is 0 Å². The Labute approximate surface area is 115 Å². The van der Waals surface area contributed by atoms with E-state index in [2.05, 4.69) is 26.1 Å². The van der Waals surface area contributed by atoms with Crippen molar-refractivity contribution >= 4 is 10.0 Å². The average molecular weight is 282 g/mol. The van der Waals surface area contributed by atoms with E-state index in [1.54, 1.807) is 12.1 Å². The summed E-state index contributed by atoms with van der Waals surface area (Å²) in [7, 11) is -3.60. The van der Waals surface area contributed by atoms with Crippen molar-refractivity contribution in [3.05, 3.63) is 29.8 Å². The molecular weight excluding hydrogens is 260 g/mol. The highest BCUT2D eigenvalue weighted by Gasteiger charge is 2.44. The van der Waals surface area contributed by atoms with Crippen LogP contribution in [-0.2, 0) is 10.0 Å². The van der Waals surface area contributed by atoms with Crippen LogP contribution in [0.2, 0.25) is 0 Å². The third-order valence-electron chi connectivity index (χ3n) is 4.10. The number of primary sulfonamides is 1. The number of hydrogen-bond donors (Lipinski definition) is 2. The predicted octanol–water partition coefficient (Wildman–Crippen LogP) is 2.03. The molecule has 1 aromatic rings. The van der Waals surface area contributed by atoms with Crippen molar-refractivity contribution in [1.29, 1.82) is 0 Å². The number of nitrogens with two attached hydrogens (primary N) is 1. The fraction of sp³-hybridized carbons (Fsp3) is 0.571. The summed E-state index contributed by atoms with van der Waals surface area (Å²) >= 11 is 0. The van der Waals surface area contributed by atoms with Crippen molar-refractivity contribution in [2.75, 3.05) is 6.54 Å². The highest BCUT2D eigenvalue weighted by Crippen LogP contribution is 2.51. The molecule has 4 nitrogen and oxygen atoms in total. The molecule has 2 unspecified atom stereocenters. The van der Waals surface area contributed by atoms with Crippen LogP contribution in [0.4, 0.5) is 0 Å².